The van der Waals surface area contributed by atoms with Crippen LogP contribution in [-0.2, 0) is 6.54 Å². The molecule has 3 heterocycles. The third kappa shape index (κ3) is 2.95. The van der Waals surface area contributed by atoms with Crippen LogP contribution in [0.2, 0.25) is 0 Å². The highest BCUT2D eigenvalue weighted by molar-refractivity contribution is 6.10. The van der Waals surface area contributed by atoms with Crippen LogP contribution >= 0.6 is 0 Å². The fourth-order valence-corrected chi connectivity index (χ4v) is 2.77. The molecule has 0 atom stereocenters. The molecule has 0 unspecified atom stereocenters. The van der Waals surface area contributed by atoms with E-state index in [0.717, 1.165) is 18.5 Å². The zero-order valence-electron chi connectivity index (χ0n) is 14.3. The number of rotatable bonds is 5. The van der Waals surface area contributed by atoms with Crippen LogP contribution in [-0.4, -0.2) is 26.6 Å². The van der Waals surface area contributed by atoms with Gasteiger partial charge >= 0.3 is 0 Å². The summed E-state index contributed by atoms with van der Waals surface area (Å²) in [4.78, 5) is 21.2. The summed E-state index contributed by atoms with van der Waals surface area (Å²) in [6.07, 6.45) is 3.59. The summed E-state index contributed by atoms with van der Waals surface area (Å²) in [7, 11) is 0. The van der Waals surface area contributed by atoms with Crippen molar-refractivity contribution < 1.29 is 13.7 Å². The van der Waals surface area contributed by atoms with Gasteiger partial charge < -0.3 is 19.6 Å². The SMILES string of the molecule is Cc1cc(CNC(=O)c2c(C)oc3ncnc(NC4(C)CC4)c23)on1. The van der Waals surface area contributed by atoms with Crippen LogP contribution in [0.4, 0.5) is 5.82 Å². The fourth-order valence-electron chi connectivity index (χ4n) is 2.77. The highest BCUT2D eigenvalue weighted by atomic mass is 16.5. The van der Waals surface area contributed by atoms with E-state index in [4.69, 9.17) is 8.94 Å². The highest BCUT2D eigenvalue weighted by Crippen LogP contribution is 2.40. The third-order valence-corrected chi connectivity index (χ3v) is 4.41. The molecular weight excluding hydrogens is 322 g/mol. The largest absolute Gasteiger partial charge is 0.442 e. The molecule has 1 saturated carbocycles. The smallest absolute Gasteiger partial charge is 0.256 e. The van der Waals surface area contributed by atoms with Crippen LogP contribution in [0.3, 0.4) is 0 Å². The van der Waals surface area contributed by atoms with Crippen molar-refractivity contribution in [2.75, 3.05) is 5.32 Å². The lowest BCUT2D eigenvalue weighted by Gasteiger charge is -2.13. The Morgan fingerprint density at radius 3 is 2.80 bits per heavy atom. The molecule has 8 nitrogen and oxygen atoms in total. The van der Waals surface area contributed by atoms with E-state index in [9.17, 15) is 4.79 Å². The second kappa shape index (κ2) is 5.58. The molecule has 1 fully saturated rings. The second-order valence-electron chi connectivity index (χ2n) is 6.74. The molecule has 0 aromatic carbocycles. The summed E-state index contributed by atoms with van der Waals surface area (Å²) in [6, 6.07) is 1.78. The van der Waals surface area contributed by atoms with Crippen LogP contribution in [0.15, 0.2) is 21.3 Å². The minimum atomic E-state index is -0.260. The number of nitrogens with one attached hydrogen (secondary N) is 2. The Morgan fingerprint density at radius 1 is 1.32 bits per heavy atom. The van der Waals surface area contributed by atoms with Gasteiger partial charge in [-0.25, -0.2) is 9.97 Å². The molecule has 25 heavy (non-hydrogen) atoms. The molecule has 130 valence electrons. The van der Waals surface area contributed by atoms with Gasteiger partial charge in [-0.1, -0.05) is 5.16 Å². The molecule has 0 radical (unpaired) electrons. The van der Waals surface area contributed by atoms with Crippen molar-refractivity contribution in [3.05, 3.63) is 35.2 Å². The van der Waals surface area contributed by atoms with E-state index >= 15 is 0 Å². The molecule has 8 heteroatoms. The monoisotopic (exact) mass is 341 g/mol. The van der Waals surface area contributed by atoms with Gasteiger partial charge in [0.1, 0.15) is 17.9 Å². The number of amides is 1. The minimum absolute atomic E-state index is 0.0254. The number of anilines is 1. The molecule has 1 aliphatic carbocycles. The van der Waals surface area contributed by atoms with E-state index in [1.165, 1.54) is 6.33 Å². The molecule has 3 aromatic heterocycles. The number of carbonyl (C=O) groups is 1. The Kier molecular flexibility index (Phi) is 3.48. The number of fused-ring (bicyclic) bond motifs is 1. The van der Waals surface area contributed by atoms with Crippen LogP contribution < -0.4 is 10.6 Å². The van der Waals surface area contributed by atoms with Gasteiger partial charge in [0, 0.05) is 11.6 Å². The average molecular weight is 341 g/mol. The van der Waals surface area contributed by atoms with Gasteiger partial charge in [-0.2, -0.15) is 0 Å². The molecule has 0 spiro atoms. The van der Waals surface area contributed by atoms with Gasteiger partial charge in [-0.3, -0.25) is 4.79 Å². The van der Waals surface area contributed by atoms with E-state index in [1.54, 1.807) is 13.0 Å². The quantitative estimate of drug-likeness (QED) is 0.735. The van der Waals surface area contributed by atoms with Crippen molar-refractivity contribution in [2.45, 2.75) is 45.7 Å². The van der Waals surface area contributed by atoms with Crippen LogP contribution in [0.5, 0.6) is 0 Å². The number of nitrogens with zero attached hydrogens (tertiary/aromatic N) is 3. The molecule has 2 N–H and O–H groups in total. The lowest BCUT2D eigenvalue weighted by molar-refractivity contribution is 0.0947. The second-order valence-corrected chi connectivity index (χ2v) is 6.74. The number of furan rings is 1. The van der Waals surface area contributed by atoms with E-state index in [1.807, 2.05) is 6.92 Å². The number of hydrogen-bond acceptors (Lipinski definition) is 7. The Morgan fingerprint density at radius 2 is 2.12 bits per heavy atom. The number of carbonyl (C=O) groups excluding carboxylic acids is 1. The zero-order chi connectivity index (χ0) is 17.6. The number of hydrogen-bond donors (Lipinski definition) is 2. The van der Waals surface area contributed by atoms with Crippen molar-refractivity contribution in [1.29, 1.82) is 0 Å². The summed E-state index contributed by atoms with van der Waals surface area (Å²) in [5.74, 6) is 1.47. The van der Waals surface area contributed by atoms with E-state index in [2.05, 4.69) is 32.7 Å². The van der Waals surface area contributed by atoms with Gasteiger partial charge in [0.25, 0.3) is 5.91 Å². The summed E-state index contributed by atoms with van der Waals surface area (Å²) in [5.41, 5.74) is 1.64. The average Bonchev–Trinajstić information content (AvgIpc) is 2.99. The first-order valence-corrected chi connectivity index (χ1v) is 8.18. The maximum atomic E-state index is 12.7. The van der Waals surface area contributed by atoms with Crippen LogP contribution in [0.25, 0.3) is 11.1 Å². The number of aromatic nitrogens is 3. The predicted molar refractivity (Wildman–Crippen MR) is 90.2 cm³/mol. The van der Waals surface area contributed by atoms with Gasteiger partial charge in [-0.05, 0) is 33.6 Å². The molecule has 1 aliphatic rings. The van der Waals surface area contributed by atoms with Crippen molar-refractivity contribution in [3.8, 4) is 0 Å². The lowest BCUT2D eigenvalue weighted by atomic mass is 10.1. The third-order valence-electron chi connectivity index (χ3n) is 4.41. The van der Waals surface area contributed by atoms with Crippen molar-refractivity contribution in [1.82, 2.24) is 20.4 Å². The van der Waals surface area contributed by atoms with Crippen molar-refractivity contribution >= 4 is 22.8 Å². The number of aryl methyl sites for hydroxylation is 2. The first kappa shape index (κ1) is 15.6. The molecule has 0 saturated heterocycles. The standard InChI is InChI=1S/C17H19N5O3/c1-9-6-11(25-22-9)7-18-15(23)12-10(2)24-16-13(12)14(19-8-20-16)21-17(3)4-5-17/h6,8H,4-5,7H2,1-3H3,(H,18,23)(H,19,20,21). The summed E-state index contributed by atoms with van der Waals surface area (Å²) >= 11 is 0. The van der Waals surface area contributed by atoms with E-state index in [-0.39, 0.29) is 18.0 Å². The van der Waals surface area contributed by atoms with Gasteiger partial charge in [0.15, 0.2) is 5.76 Å². The Labute approximate surface area is 144 Å². The lowest BCUT2D eigenvalue weighted by Crippen LogP contribution is -2.24. The van der Waals surface area contributed by atoms with Gasteiger partial charge in [-0.15, -0.1) is 0 Å². The van der Waals surface area contributed by atoms with E-state index < -0.39 is 0 Å². The Balaban J connectivity index is 1.65. The van der Waals surface area contributed by atoms with Gasteiger partial charge in [0.05, 0.1) is 23.2 Å². The molecule has 1 amide bonds. The predicted octanol–water partition coefficient (Wildman–Crippen LogP) is 2.72. The first-order chi connectivity index (χ1) is 12.0. The zero-order valence-corrected chi connectivity index (χ0v) is 14.3. The maximum absolute atomic E-state index is 12.7. The fraction of sp³-hybridized carbons (Fsp3) is 0.412. The summed E-state index contributed by atoms with van der Waals surface area (Å²) < 4.78 is 10.8. The summed E-state index contributed by atoms with van der Waals surface area (Å²) in [6.45, 7) is 5.95. The van der Waals surface area contributed by atoms with E-state index in [0.29, 0.717) is 34.0 Å². The molecule has 0 aliphatic heterocycles. The normalized spacial score (nSPS) is 15.3. The Bertz CT molecular complexity index is 955. The van der Waals surface area contributed by atoms with Crippen molar-refractivity contribution in [3.63, 3.8) is 0 Å². The maximum Gasteiger partial charge on any atom is 0.256 e. The summed E-state index contributed by atoms with van der Waals surface area (Å²) in [5, 5.41) is 10.7. The highest BCUT2D eigenvalue weighted by Gasteiger charge is 2.38. The molecular formula is C17H19N5O3. The van der Waals surface area contributed by atoms with Gasteiger partial charge in [0.2, 0.25) is 5.71 Å². The van der Waals surface area contributed by atoms with Crippen molar-refractivity contribution in [2.24, 2.45) is 0 Å². The molecule has 0 bridgehead atoms. The molecule has 3 aromatic rings. The van der Waals surface area contributed by atoms with Crippen LogP contribution in [0, 0.1) is 13.8 Å². The Hall–Kier alpha value is -2.90. The van der Waals surface area contributed by atoms with Crippen LogP contribution in [0.1, 0.15) is 47.3 Å². The molecule has 4 rings (SSSR count). The first-order valence-electron chi connectivity index (χ1n) is 8.18. The topological polar surface area (TPSA) is 106 Å². The minimum Gasteiger partial charge on any atom is -0.442 e.